The standard InChI is InChI=1S/C38H27N/c1-2-13-29(14-3-1)32-22-12-26-37(38(32)35-24-11-18-28-16-5-7-20-31(28)35)39-36-25-9-8-21-34(36)33-23-10-17-27-15-4-6-19-30(27)33/h1-26,39H. The number of rotatable bonds is 5. The monoisotopic (exact) mass is 497 g/mol. The molecule has 0 spiro atoms. The lowest BCUT2D eigenvalue weighted by atomic mass is 9.89. The Morgan fingerprint density at radius 1 is 0.308 bits per heavy atom. The van der Waals surface area contributed by atoms with Gasteiger partial charge in [0.1, 0.15) is 0 Å². The highest BCUT2D eigenvalue weighted by molar-refractivity contribution is 6.06. The van der Waals surface area contributed by atoms with Crippen molar-refractivity contribution in [3.05, 3.63) is 158 Å². The normalized spacial score (nSPS) is 11.1. The van der Waals surface area contributed by atoms with Crippen LogP contribution in [0.4, 0.5) is 11.4 Å². The highest BCUT2D eigenvalue weighted by atomic mass is 14.9. The zero-order chi connectivity index (χ0) is 26.0. The number of hydrogen-bond donors (Lipinski definition) is 1. The fourth-order valence-corrected chi connectivity index (χ4v) is 5.68. The summed E-state index contributed by atoms with van der Waals surface area (Å²) < 4.78 is 0. The summed E-state index contributed by atoms with van der Waals surface area (Å²) in [6.45, 7) is 0. The quantitative estimate of drug-likeness (QED) is 0.249. The van der Waals surface area contributed by atoms with Gasteiger partial charge in [-0.15, -0.1) is 0 Å². The van der Waals surface area contributed by atoms with E-state index in [0.717, 1.165) is 11.4 Å². The summed E-state index contributed by atoms with van der Waals surface area (Å²) in [5.74, 6) is 0. The van der Waals surface area contributed by atoms with Crippen LogP contribution < -0.4 is 5.32 Å². The van der Waals surface area contributed by atoms with Crippen molar-refractivity contribution in [1.29, 1.82) is 0 Å². The molecule has 0 unspecified atom stereocenters. The van der Waals surface area contributed by atoms with E-state index in [2.05, 4.69) is 163 Å². The zero-order valence-electron chi connectivity index (χ0n) is 21.5. The molecule has 7 aromatic carbocycles. The molecule has 0 aromatic heterocycles. The molecule has 0 aliphatic carbocycles. The minimum Gasteiger partial charge on any atom is -0.354 e. The van der Waals surface area contributed by atoms with Gasteiger partial charge < -0.3 is 5.32 Å². The van der Waals surface area contributed by atoms with Crippen LogP contribution in [0.2, 0.25) is 0 Å². The SMILES string of the molecule is c1ccc(-c2cccc(Nc3ccccc3-c3cccc4ccccc34)c2-c2cccc3ccccc23)cc1. The number of para-hydroxylation sites is 1. The average molecular weight is 498 g/mol. The average Bonchev–Trinajstić information content (AvgIpc) is 3.01. The summed E-state index contributed by atoms with van der Waals surface area (Å²) in [5.41, 5.74) is 9.41. The lowest BCUT2D eigenvalue weighted by Gasteiger charge is -2.20. The Kier molecular flexibility index (Phi) is 5.88. The van der Waals surface area contributed by atoms with Crippen LogP contribution in [-0.4, -0.2) is 0 Å². The molecule has 1 heteroatoms. The molecule has 0 radical (unpaired) electrons. The maximum Gasteiger partial charge on any atom is 0.0470 e. The van der Waals surface area contributed by atoms with Crippen molar-refractivity contribution in [2.75, 3.05) is 5.32 Å². The molecule has 7 aromatic rings. The number of nitrogens with one attached hydrogen (secondary N) is 1. The molecule has 0 aliphatic heterocycles. The van der Waals surface area contributed by atoms with Gasteiger partial charge in [-0.2, -0.15) is 0 Å². The molecule has 0 saturated carbocycles. The van der Waals surface area contributed by atoms with E-state index >= 15 is 0 Å². The van der Waals surface area contributed by atoms with Crippen molar-refractivity contribution in [1.82, 2.24) is 0 Å². The van der Waals surface area contributed by atoms with Crippen LogP contribution >= 0.6 is 0 Å². The minimum atomic E-state index is 1.08. The van der Waals surface area contributed by atoms with E-state index in [4.69, 9.17) is 0 Å². The molecule has 0 bridgehead atoms. The molecule has 0 fully saturated rings. The van der Waals surface area contributed by atoms with Gasteiger partial charge in [-0.1, -0.05) is 146 Å². The Labute approximate surface area is 229 Å². The third-order valence-electron chi connectivity index (χ3n) is 7.48. The predicted molar refractivity (Wildman–Crippen MR) is 167 cm³/mol. The van der Waals surface area contributed by atoms with E-state index in [1.807, 2.05) is 0 Å². The molecular weight excluding hydrogens is 470 g/mol. The van der Waals surface area contributed by atoms with Gasteiger partial charge in [-0.3, -0.25) is 0 Å². The van der Waals surface area contributed by atoms with Gasteiger partial charge in [-0.05, 0) is 55.9 Å². The van der Waals surface area contributed by atoms with E-state index in [-0.39, 0.29) is 0 Å². The summed E-state index contributed by atoms with van der Waals surface area (Å²) in [5, 5.41) is 8.85. The number of hydrogen-bond acceptors (Lipinski definition) is 1. The summed E-state index contributed by atoms with van der Waals surface area (Å²) >= 11 is 0. The maximum absolute atomic E-state index is 3.88. The highest BCUT2D eigenvalue weighted by Crippen LogP contribution is 2.43. The maximum atomic E-state index is 3.88. The van der Waals surface area contributed by atoms with Crippen molar-refractivity contribution in [2.45, 2.75) is 0 Å². The van der Waals surface area contributed by atoms with Crippen LogP contribution in [0.15, 0.2) is 158 Å². The second-order valence-corrected chi connectivity index (χ2v) is 9.82. The van der Waals surface area contributed by atoms with Crippen LogP contribution in [0.5, 0.6) is 0 Å². The Morgan fingerprint density at radius 2 is 0.795 bits per heavy atom. The predicted octanol–water partition coefficient (Wildman–Crippen LogP) is 10.7. The van der Waals surface area contributed by atoms with Gasteiger partial charge in [0.15, 0.2) is 0 Å². The first kappa shape index (κ1) is 23.0. The fourth-order valence-electron chi connectivity index (χ4n) is 5.68. The zero-order valence-corrected chi connectivity index (χ0v) is 21.5. The molecule has 184 valence electrons. The minimum absolute atomic E-state index is 1.08. The first-order valence-electron chi connectivity index (χ1n) is 13.4. The summed E-state index contributed by atoms with van der Waals surface area (Å²) in [4.78, 5) is 0. The molecule has 1 N–H and O–H groups in total. The lowest BCUT2D eigenvalue weighted by molar-refractivity contribution is 1.52. The second-order valence-electron chi connectivity index (χ2n) is 9.82. The van der Waals surface area contributed by atoms with Crippen LogP contribution in [0, 0.1) is 0 Å². The van der Waals surface area contributed by atoms with E-state index in [0.29, 0.717) is 0 Å². The number of benzene rings is 7. The Balaban J connectivity index is 1.45. The molecule has 0 saturated heterocycles. The first-order chi connectivity index (χ1) is 19.4. The van der Waals surface area contributed by atoms with Crippen LogP contribution in [0.3, 0.4) is 0 Å². The molecule has 0 atom stereocenters. The molecule has 0 aliphatic rings. The van der Waals surface area contributed by atoms with Crippen LogP contribution in [0.1, 0.15) is 0 Å². The molecule has 1 nitrogen and oxygen atoms in total. The van der Waals surface area contributed by atoms with Crippen LogP contribution in [-0.2, 0) is 0 Å². The van der Waals surface area contributed by atoms with Gasteiger partial charge in [0.25, 0.3) is 0 Å². The second kappa shape index (κ2) is 9.96. The molecule has 39 heavy (non-hydrogen) atoms. The van der Waals surface area contributed by atoms with Gasteiger partial charge in [-0.25, -0.2) is 0 Å². The van der Waals surface area contributed by atoms with Gasteiger partial charge in [0.05, 0.1) is 0 Å². The van der Waals surface area contributed by atoms with Gasteiger partial charge in [0.2, 0.25) is 0 Å². The summed E-state index contributed by atoms with van der Waals surface area (Å²) in [7, 11) is 0. The smallest absolute Gasteiger partial charge is 0.0470 e. The van der Waals surface area contributed by atoms with Crippen molar-refractivity contribution < 1.29 is 0 Å². The Bertz CT molecular complexity index is 1920. The third kappa shape index (κ3) is 4.24. The summed E-state index contributed by atoms with van der Waals surface area (Å²) in [6, 6.07) is 56.2. The molecular formula is C38H27N. The molecule has 0 amide bonds. The van der Waals surface area contributed by atoms with Crippen molar-refractivity contribution in [3.63, 3.8) is 0 Å². The molecule has 0 heterocycles. The van der Waals surface area contributed by atoms with Crippen molar-refractivity contribution in [3.8, 4) is 33.4 Å². The van der Waals surface area contributed by atoms with E-state index in [1.54, 1.807) is 0 Å². The van der Waals surface area contributed by atoms with E-state index in [1.165, 1.54) is 54.9 Å². The van der Waals surface area contributed by atoms with Crippen molar-refractivity contribution >= 4 is 32.9 Å². The fraction of sp³-hybridized carbons (Fsp3) is 0. The van der Waals surface area contributed by atoms with Gasteiger partial charge >= 0.3 is 0 Å². The molecule has 7 rings (SSSR count). The Morgan fingerprint density at radius 3 is 1.56 bits per heavy atom. The number of anilines is 2. The number of fused-ring (bicyclic) bond motifs is 2. The van der Waals surface area contributed by atoms with E-state index in [9.17, 15) is 0 Å². The third-order valence-corrected chi connectivity index (χ3v) is 7.48. The first-order valence-corrected chi connectivity index (χ1v) is 13.4. The van der Waals surface area contributed by atoms with Crippen LogP contribution in [0.25, 0.3) is 54.9 Å². The highest BCUT2D eigenvalue weighted by Gasteiger charge is 2.17. The Hall–Kier alpha value is -5.14. The largest absolute Gasteiger partial charge is 0.354 e. The lowest BCUT2D eigenvalue weighted by Crippen LogP contribution is -1.98. The topological polar surface area (TPSA) is 12.0 Å². The van der Waals surface area contributed by atoms with E-state index < -0.39 is 0 Å². The van der Waals surface area contributed by atoms with Crippen molar-refractivity contribution in [2.24, 2.45) is 0 Å². The van der Waals surface area contributed by atoms with Gasteiger partial charge in [0, 0.05) is 22.5 Å². The summed E-state index contributed by atoms with van der Waals surface area (Å²) in [6.07, 6.45) is 0.